The van der Waals surface area contributed by atoms with Crippen LogP contribution in [0.5, 0.6) is 0 Å². The number of benzene rings is 3. The fourth-order valence-corrected chi connectivity index (χ4v) is 5.92. The van der Waals surface area contributed by atoms with Gasteiger partial charge in [-0.25, -0.2) is 4.79 Å². The molecule has 0 radical (unpaired) electrons. The van der Waals surface area contributed by atoms with E-state index in [0.29, 0.717) is 6.54 Å². The molecule has 1 aliphatic heterocycles. The van der Waals surface area contributed by atoms with Crippen molar-refractivity contribution in [1.29, 1.82) is 0 Å². The number of likely N-dealkylation sites (tertiary alicyclic amines) is 1. The molecule has 40 heavy (non-hydrogen) atoms. The topological polar surface area (TPSA) is 99.2 Å². The smallest absolute Gasteiger partial charge is 0.407 e. The molecule has 8 heteroatoms. The number of hydrogen-bond acceptors (Lipinski definition) is 5. The lowest BCUT2D eigenvalue weighted by atomic mass is 9.98. The summed E-state index contributed by atoms with van der Waals surface area (Å²) in [6.45, 7) is 2.49. The molecule has 3 aromatic carbocycles. The maximum atomic E-state index is 13.4. The van der Waals surface area contributed by atoms with Gasteiger partial charge in [-0.05, 0) is 47.2 Å². The number of carbonyl (C=O) groups excluding carboxylic acids is 2. The number of carboxylic acid groups (broad SMARTS) is 1. The molecule has 2 atom stereocenters. The van der Waals surface area contributed by atoms with Gasteiger partial charge in [0.25, 0.3) is 0 Å². The quantitative estimate of drug-likeness (QED) is 0.414. The second-order valence-electron chi connectivity index (χ2n) is 10.6. The number of nitrogens with zero attached hydrogens (tertiary/aromatic N) is 2. The largest absolute Gasteiger partial charge is 0.481 e. The zero-order valence-electron chi connectivity index (χ0n) is 22.7. The van der Waals surface area contributed by atoms with Crippen LogP contribution in [0.2, 0.25) is 0 Å². The molecule has 2 amide bonds. The van der Waals surface area contributed by atoms with Gasteiger partial charge >= 0.3 is 12.1 Å². The van der Waals surface area contributed by atoms with Gasteiger partial charge in [0.15, 0.2) is 0 Å². The molecule has 1 fully saturated rings. The van der Waals surface area contributed by atoms with Gasteiger partial charge < -0.3 is 20.1 Å². The molecule has 3 aromatic rings. The Balaban J connectivity index is 1.21. The number of carboxylic acids is 1. The molecule has 208 valence electrons. The maximum absolute atomic E-state index is 13.4. The lowest BCUT2D eigenvalue weighted by molar-refractivity contribution is -0.143. The Morgan fingerprint density at radius 1 is 0.975 bits per heavy atom. The third-order valence-corrected chi connectivity index (χ3v) is 7.94. The van der Waals surface area contributed by atoms with Crippen LogP contribution < -0.4 is 5.32 Å². The minimum Gasteiger partial charge on any atom is -0.481 e. The Morgan fingerprint density at radius 2 is 1.60 bits per heavy atom. The van der Waals surface area contributed by atoms with E-state index in [1.165, 1.54) is 5.56 Å². The van der Waals surface area contributed by atoms with Crippen molar-refractivity contribution in [2.45, 2.75) is 43.8 Å². The van der Waals surface area contributed by atoms with Crippen LogP contribution in [0.3, 0.4) is 0 Å². The predicted molar refractivity (Wildman–Crippen MR) is 152 cm³/mol. The number of nitrogens with one attached hydrogen (secondary N) is 1. The maximum Gasteiger partial charge on any atom is 0.407 e. The fourth-order valence-electron chi connectivity index (χ4n) is 5.92. The number of likely N-dealkylation sites (N-methyl/N-ethyl adjacent to an activating group) is 1. The van der Waals surface area contributed by atoms with E-state index in [1.807, 2.05) is 54.6 Å². The van der Waals surface area contributed by atoms with Gasteiger partial charge in [-0.15, -0.1) is 0 Å². The van der Waals surface area contributed by atoms with Crippen LogP contribution >= 0.6 is 0 Å². The summed E-state index contributed by atoms with van der Waals surface area (Å²) in [5, 5.41) is 12.0. The fraction of sp³-hybridized carbons (Fsp3) is 0.344. The molecular weight excluding hydrogens is 506 g/mol. The SMILES string of the molecule is CN(C(=O)C(CC(=O)O)NC(=O)OCC1c2ccccc2-c2ccccc21)C1CCCN(Cc2ccccc2)C1. The average molecular weight is 542 g/mol. The second-order valence-corrected chi connectivity index (χ2v) is 10.6. The Labute approximate surface area is 234 Å². The Bertz CT molecular complexity index is 1320. The highest BCUT2D eigenvalue weighted by Gasteiger charge is 2.34. The summed E-state index contributed by atoms with van der Waals surface area (Å²) >= 11 is 0. The summed E-state index contributed by atoms with van der Waals surface area (Å²) in [4.78, 5) is 41.8. The zero-order chi connectivity index (χ0) is 28.1. The number of carbonyl (C=O) groups is 3. The standard InChI is InChI=1S/C32H35N3O5/c1-34(23-12-9-17-35(20-23)19-22-10-3-2-4-11-22)31(38)29(18-30(36)37)33-32(39)40-21-28-26-15-7-5-13-24(26)25-14-6-8-16-27(25)28/h2-8,10-11,13-16,23,28-29H,9,12,17-21H2,1H3,(H,33,39)(H,36,37). The predicted octanol–water partition coefficient (Wildman–Crippen LogP) is 4.49. The molecule has 0 bridgehead atoms. The highest BCUT2D eigenvalue weighted by molar-refractivity contribution is 5.89. The number of alkyl carbamates (subject to hydrolysis) is 1. The number of hydrogen-bond donors (Lipinski definition) is 2. The number of fused-ring (bicyclic) bond motifs is 3. The first-order chi connectivity index (χ1) is 19.4. The summed E-state index contributed by atoms with van der Waals surface area (Å²) in [6, 6.07) is 24.9. The molecule has 1 heterocycles. The number of piperidine rings is 1. The van der Waals surface area contributed by atoms with Gasteiger partial charge in [-0.1, -0.05) is 78.9 Å². The van der Waals surface area contributed by atoms with E-state index in [9.17, 15) is 19.5 Å². The average Bonchev–Trinajstić information content (AvgIpc) is 3.29. The molecule has 1 saturated heterocycles. The molecule has 0 spiro atoms. The van der Waals surface area contributed by atoms with Crippen molar-refractivity contribution in [1.82, 2.24) is 15.1 Å². The Kier molecular flexibility index (Phi) is 8.45. The van der Waals surface area contributed by atoms with Crippen LogP contribution in [0.15, 0.2) is 78.9 Å². The first kappa shape index (κ1) is 27.4. The van der Waals surface area contributed by atoms with Gasteiger partial charge in [0.2, 0.25) is 5.91 Å². The van der Waals surface area contributed by atoms with E-state index in [1.54, 1.807) is 11.9 Å². The summed E-state index contributed by atoms with van der Waals surface area (Å²) in [7, 11) is 1.69. The Morgan fingerprint density at radius 3 is 2.25 bits per heavy atom. The van der Waals surface area contributed by atoms with E-state index in [0.717, 1.165) is 48.2 Å². The van der Waals surface area contributed by atoms with Crippen molar-refractivity contribution >= 4 is 18.0 Å². The van der Waals surface area contributed by atoms with Gasteiger partial charge in [0.05, 0.1) is 6.42 Å². The lowest BCUT2D eigenvalue weighted by Crippen LogP contribution is -2.54. The number of rotatable bonds is 9. The number of amides is 2. The van der Waals surface area contributed by atoms with Crippen LogP contribution in [0.25, 0.3) is 11.1 Å². The van der Waals surface area contributed by atoms with Crippen molar-refractivity contribution in [2.24, 2.45) is 0 Å². The van der Waals surface area contributed by atoms with E-state index < -0.39 is 30.4 Å². The van der Waals surface area contributed by atoms with Crippen LogP contribution in [0.4, 0.5) is 4.79 Å². The highest BCUT2D eigenvalue weighted by Crippen LogP contribution is 2.44. The normalized spacial score (nSPS) is 17.4. The summed E-state index contributed by atoms with van der Waals surface area (Å²) < 4.78 is 5.59. The number of ether oxygens (including phenoxy) is 1. The molecule has 5 rings (SSSR count). The second kappa shape index (κ2) is 12.3. The monoisotopic (exact) mass is 541 g/mol. The van der Waals surface area contributed by atoms with Crippen molar-refractivity contribution in [3.63, 3.8) is 0 Å². The van der Waals surface area contributed by atoms with Crippen LogP contribution in [0.1, 0.15) is 41.9 Å². The lowest BCUT2D eigenvalue weighted by Gasteiger charge is -2.38. The van der Waals surface area contributed by atoms with Crippen molar-refractivity contribution < 1.29 is 24.2 Å². The third-order valence-electron chi connectivity index (χ3n) is 7.94. The molecule has 0 saturated carbocycles. The minimum absolute atomic E-state index is 0.0782. The van der Waals surface area contributed by atoms with Crippen molar-refractivity contribution in [2.75, 3.05) is 26.7 Å². The van der Waals surface area contributed by atoms with Gasteiger partial charge in [-0.2, -0.15) is 0 Å². The first-order valence-corrected chi connectivity index (χ1v) is 13.8. The third kappa shape index (κ3) is 6.18. The van der Waals surface area contributed by atoms with Crippen molar-refractivity contribution in [3.05, 3.63) is 95.6 Å². The molecule has 2 unspecified atom stereocenters. The zero-order valence-corrected chi connectivity index (χ0v) is 22.7. The van der Waals surface area contributed by atoms with Gasteiger partial charge in [0.1, 0.15) is 12.6 Å². The van der Waals surface area contributed by atoms with Crippen LogP contribution in [0, 0.1) is 0 Å². The minimum atomic E-state index is -1.22. The highest BCUT2D eigenvalue weighted by atomic mass is 16.5. The number of aliphatic carboxylic acids is 1. The summed E-state index contributed by atoms with van der Waals surface area (Å²) in [5.74, 6) is -1.73. The molecule has 0 aromatic heterocycles. The van der Waals surface area contributed by atoms with E-state index in [2.05, 4.69) is 34.5 Å². The Hall–Kier alpha value is -4.17. The van der Waals surface area contributed by atoms with Gasteiger partial charge in [0, 0.05) is 32.1 Å². The van der Waals surface area contributed by atoms with E-state index >= 15 is 0 Å². The first-order valence-electron chi connectivity index (χ1n) is 13.8. The molecular formula is C32H35N3O5. The van der Waals surface area contributed by atoms with Crippen LogP contribution in [-0.4, -0.2) is 71.7 Å². The molecule has 2 N–H and O–H groups in total. The molecule has 2 aliphatic rings. The van der Waals surface area contributed by atoms with Crippen molar-refractivity contribution in [3.8, 4) is 11.1 Å². The molecule has 8 nitrogen and oxygen atoms in total. The summed E-state index contributed by atoms with van der Waals surface area (Å²) in [5.41, 5.74) is 5.58. The molecule has 1 aliphatic carbocycles. The van der Waals surface area contributed by atoms with Crippen LogP contribution in [-0.2, 0) is 20.9 Å². The van der Waals surface area contributed by atoms with Gasteiger partial charge in [-0.3, -0.25) is 14.5 Å². The van der Waals surface area contributed by atoms with E-state index in [4.69, 9.17) is 4.74 Å². The summed E-state index contributed by atoms with van der Waals surface area (Å²) in [6.07, 6.45) is 0.425. The van der Waals surface area contributed by atoms with E-state index in [-0.39, 0.29) is 18.6 Å².